The van der Waals surface area contributed by atoms with Gasteiger partial charge in [0, 0.05) is 12.3 Å². The monoisotopic (exact) mass is 242 g/mol. The topological polar surface area (TPSA) is 48.2 Å². The molecule has 0 saturated carbocycles. The minimum Gasteiger partial charge on any atom is -0.374 e. The Morgan fingerprint density at radius 3 is 3.00 bits per heavy atom. The largest absolute Gasteiger partial charge is 0.374 e. The minimum absolute atomic E-state index is 0.323. The zero-order chi connectivity index (χ0) is 11.0. The minimum atomic E-state index is 0.323. The Kier molecular flexibility index (Phi) is 2.86. The maximum atomic E-state index is 5.79. The number of alkyl halides is 1. The van der Waals surface area contributed by atoms with Gasteiger partial charge in [0.1, 0.15) is 0 Å². The van der Waals surface area contributed by atoms with Crippen molar-refractivity contribution in [2.75, 3.05) is 5.88 Å². The first-order valence-corrected chi connectivity index (χ1v) is 6.44. The van der Waals surface area contributed by atoms with Gasteiger partial charge in [-0.05, 0) is 25.7 Å². The summed E-state index contributed by atoms with van der Waals surface area (Å²) in [6, 6.07) is 0. The third-order valence-electron chi connectivity index (χ3n) is 3.45. The quantitative estimate of drug-likeness (QED) is 0.760. The van der Waals surface area contributed by atoms with Crippen molar-refractivity contribution in [3.8, 4) is 0 Å². The van der Waals surface area contributed by atoms with Crippen LogP contribution in [0.2, 0.25) is 0 Å². The number of fused-ring (bicyclic) bond motifs is 2. The van der Waals surface area contributed by atoms with Crippen LogP contribution in [0.4, 0.5) is 0 Å². The van der Waals surface area contributed by atoms with E-state index in [1.54, 1.807) is 0 Å². The summed E-state index contributed by atoms with van der Waals surface area (Å²) in [4.78, 5) is 4.43. The molecule has 2 aliphatic heterocycles. The van der Waals surface area contributed by atoms with E-state index < -0.39 is 0 Å². The Bertz CT molecular complexity index is 369. The number of hydrogen-bond acceptors (Lipinski definition) is 4. The van der Waals surface area contributed by atoms with Crippen LogP contribution in [-0.2, 0) is 11.2 Å². The van der Waals surface area contributed by atoms with E-state index in [9.17, 15) is 0 Å². The fourth-order valence-electron chi connectivity index (χ4n) is 2.65. The highest BCUT2D eigenvalue weighted by molar-refractivity contribution is 6.17. The van der Waals surface area contributed by atoms with Crippen molar-refractivity contribution in [2.24, 2.45) is 0 Å². The lowest BCUT2D eigenvalue weighted by atomic mass is 9.89. The molecule has 1 aromatic heterocycles. The van der Waals surface area contributed by atoms with Crippen LogP contribution in [0.1, 0.15) is 43.3 Å². The van der Waals surface area contributed by atoms with Gasteiger partial charge in [-0.1, -0.05) is 5.16 Å². The van der Waals surface area contributed by atoms with Crippen molar-refractivity contribution in [3.63, 3.8) is 0 Å². The molecule has 0 spiro atoms. The molecule has 4 nitrogen and oxygen atoms in total. The summed E-state index contributed by atoms with van der Waals surface area (Å²) in [5.41, 5.74) is 0. The first kappa shape index (κ1) is 10.5. The normalized spacial score (nSPS) is 32.4. The van der Waals surface area contributed by atoms with Crippen LogP contribution < -0.4 is 0 Å². The third kappa shape index (κ3) is 1.84. The predicted octanol–water partition coefficient (Wildman–Crippen LogP) is 2.28. The van der Waals surface area contributed by atoms with Crippen LogP contribution in [0.15, 0.2) is 4.52 Å². The predicted molar refractivity (Wildman–Crippen MR) is 58.6 cm³/mol. The lowest BCUT2D eigenvalue weighted by Crippen LogP contribution is -2.15. The number of rotatable bonds is 4. The summed E-state index contributed by atoms with van der Waals surface area (Å²) in [6.45, 7) is 0. The lowest BCUT2D eigenvalue weighted by Gasteiger charge is -2.13. The Hall–Kier alpha value is -0.610. The second-order valence-corrected chi connectivity index (χ2v) is 4.93. The van der Waals surface area contributed by atoms with Gasteiger partial charge >= 0.3 is 0 Å². The zero-order valence-corrected chi connectivity index (χ0v) is 9.82. The fourth-order valence-corrected chi connectivity index (χ4v) is 2.78. The molecule has 1 aromatic rings. The van der Waals surface area contributed by atoms with Crippen molar-refractivity contribution >= 4 is 11.6 Å². The van der Waals surface area contributed by atoms with E-state index in [1.165, 1.54) is 6.42 Å². The molecule has 0 N–H and O–H groups in total. The molecule has 2 bridgehead atoms. The van der Waals surface area contributed by atoms with E-state index in [2.05, 4.69) is 10.1 Å². The van der Waals surface area contributed by atoms with E-state index in [0.717, 1.165) is 31.5 Å². The molecule has 2 aliphatic rings. The molecule has 2 saturated heterocycles. The molecule has 0 aliphatic carbocycles. The molecular formula is C11H15ClN2O2. The Morgan fingerprint density at radius 1 is 1.38 bits per heavy atom. The number of aryl methyl sites for hydroxylation is 1. The first-order chi connectivity index (χ1) is 7.86. The fraction of sp³-hybridized carbons (Fsp3) is 0.818. The van der Waals surface area contributed by atoms with Crippen LogP contribution >= 0.6 is 11.6 Å². The molecule has 3 heterocycles. The maximum Gasteiger partial charge on any atom is 0.226 e. The highest BCUT2D eigenvalue weighted by Gasteiger charge is 2.43. The van der Waals surface area contributed by atoms with Crippen molar-refractivity contribution in [1.82, 2.24) is 10.1 Å². The molecule has 16 heavy (non-hydrogen) atoms. The van der Waals surface area contributed by atoms with E-state index in [0.29, 0.717) is 29.9 Å². The van der Waals surface area contributed by atoms with E-state index in [-0.39, 0.29) is 0 Å². The van der Waals surface area contributed by atoms with Gasteiger partial charge in [-0.25, -0.2) is 0 Å². The van der Waals surface area contributed by atoms with Gasteiger partial charge in [-0.15, -0.1) is 11.6 Å². The van der Waals surface area contributed by atoms with Crippen LogP contribution in [0.5, 0.6) is 0 Å². The van der Waals surface area contributed by atoms with Crippen LogP contribution in [0.3, 0.4) is 0 Å². The molecule has 88 valence electrons. The highest BCUT2D eigenvalue weighted by Crippen LogP contribution is 2.43. The first-order valence-electron chi connectivity index (χ1n) is 5.90. The zero-order valence-electron chi connectivity index (χ0n) is 9.06. The van der Waals surface area contributed by atoms with E-state index in [1.807, 2.05) is 0 Å². The molecule has 3 atom stereocenters. The van der Waals surface area contributed by atoms with Crippen LogP contribution in [0.25, 0.3) is 0 Å². The van der Waals surface area contributed by atoms with Crippen molar-refractivity contribution in [2.45, 2.75) is 50.2 Å². The van der Waals surface area contributed by atoms with Crippen LogP contribution in [0, 0.1) is 0 Å². The summed E-state index contributed by atoms with van der Waals surface area (Å²) in [5, 5.41) is 4.06. The summed E-state index contributed by atoms with van der Waals surface area (Å²) < 4.78 is 11.0. The summed E-state index contributed by atoms with van der Waals surface area (Å²) in [5.74, 6) is 2.53. The SMILES string of the molecule is ClCCCc1nc(C2CC3CCC2O3)no1. The molecule has 5 heteroatoms. The molecule has 3 unspecified atom stereocenters. The van der Waals surface area contributed by atoms with Gasteiger partial charge < -0.3 is 9.26 Å². The van der Waals surface area contributed by atoms with Gasteiger partial charge in [0.25, 0.3) is 0 Å². The summed E-state index contributed by atoms with van der Waals surface area (Å²) >= 11 is 5.63. The van der Waals surface area contributed by atoms with Gasteiger partial charge in [-0.2, -0.15) is 4.98 Å². The number of aromatic nitrogens is 2. The third-order valence-corrected chi connectivity index (χ3v) is 3.71. The summed E-state index contributed by atoms with van der Waals surface area (Å²) in [7, 11) is 0. The highest BCUT2D eigenvalue weighted by atomic mass is 35.5. The Balaban J connectivity index is 1.68. The van der Waals surface area contributed by atoms with Gasteiger partial charge in [0.15, 0.2) is 5.82 Å². The van der Waals surface area contributed by atoms with Gasteiger partial charge in [0.2, 0.25) is 5.89 Å². The standard InChI is InChI=1S/C11H15ClN2O2/c12-5-1-2-10-13-11(14-16-10)8-6-7-3-4-9(8)15-7/h7-9H,1-6H2. The van der Waals surface area contributed by atoms with Crippen molar-refractivity contribution < 1.29 is 9.26 Å². The number of nitrogens with zero attached hydrogens (tertiary/aromatic N) is 2. The molecule has 3 rings (SSSR count). The number of halogens is 1. The number of hydrogen-bond donors (Lipinski definition) is 0. The van der Waals surface area contributed by atoms with E-state index >= 15 is 0 Å². The molecule has 0 amide bonds. The molecule has 2 fully saturated rings. The smallest absolute Gasteiger partial charge is 0.226 e. The maximum absolute atomic E-state index is 5.79. The molecular weight excluding hydrogens is 228 g/mol. The second kappa shape index (κ2) is 4.34. The lowest BCUT2D eigenvalue weighted by molar-refractivity contribution is 0.0996. The van der Waals surface area contributed by atoms with E-state index in [4.69, 9.17) is 20.9 Å². The molecule has 0 radical (unpaired) electrons. The Morgan fingerprint density at radius 2 is 2.31 bits per heavy atom. The van der Waals surface area contributed by atoms with Gasteiger partial charge in [0.05, 0.1) is 18.1 Å². The number of ether oxygens (including phenoxy) is 1. The average Bonchev–Trinajstić information content (AvgIpc) is 3.01. The Labute approximate surface area is 99.3 Å². The van der Waals surface area contributed by atoms with Crippen molar-refractivity contribution in [3.05, 3.63) is 11.7 Å². The molecule has 0 aromatic carbocycles. The second-order valence-electron chi connectivity index (χ2n) is 4.55. The summed E-state index contributed by atoms with van der Waals surface area (Å²) in [6.07, 6.45) is 5.80. The van der Waals surface area contributed by atoms with Gasteiger partial charge in [-0.3, -0.25) is 0 Å². The average molecular weight is 243 g/mol. The van der Waals surface area contributed by atoms with Crippen LogP contribution in [-0.4, -0.2) is 28.2 Å². The van der Waals surface area contributed by atoms with Crippen molar-refractivity contribution in [1.29, 1.82) is 0 Å².